The number of hydrogen-bond donors (Lipinski definition) is 2. The second kappa shape index (κ2) is 11.0. The first-order valence-electron chi connectivity index (χ1n) is 14.6. The summed E-state index contributed by atoms with van der Waals surface area (Å²) in [5.41, 5.74) is 7.81. The summed E-state index contributed by atoms with van der Waals surface area (Å²) in [6.07, 6.45) is 7.23. The Labute approximate surface area is 240 Å². The van der Waals surface area contributed by atoms with Crippen LogP contribution < -0.4 is 15.4 Å². The minimum atomic E-state index is -4.25. The third-order valence-corrected chi connectivity index (χ3v) is 10.2. The lowest BCUT2D eigenvalue weighted by atomic mass is 9.75. The van der Waals surface area contributed by atoms with E-state index in [9.17, 15) is 13.2 Å². The highest BCUT2D eigenvalue weighted by molar-refractivity contribution is 7.90. The van der Waals surface area contributed by atoms with Crippen molar-refractivity contribution in [2.75, 3.05) is 17.2 Å². The van der Waals surface area contributed by atoms with Gasteiger partial charge >= 0.3 is 0 Å². The van der Waals surface area contributed by atoms with Crippen LogP contribution in [0.1, 0.15) is 115 Å². The molecule has 8 nitrogen and oxygen atoms in total. The van der Waals surface area contributed by atoms with Crippen molar-refractivity contribution in [1.82, 2.24) is 14.7 Å². The first kappa shape index (κ1) is 30.3. The van der Waals surface area contributed by atoms with Crippen LogP contribution in [0.25, 0.3) is 0 Å². The number of pyridine rings is 2. The van der Waals surface area contributed by atoms with Gasteiger partial charge in [-0.25, -0.2) is 14.7 Å². The number of amides is 1. The molecule has 0 radical (unpaired) electrons. The maximum atomic E-state index is 13.9. The van der Waals surface area contributed by atoms with Crippen LogP contribution in [-0.2, 0) is 15.4 Å². The molecular weight excluding hydrogens is 522 g/mol. The van der Waals surface area contributed by atoms with E-state index in [0.29, 0.717) is 23.6 Å². The molecule has 1 aliphatic heterocycles. The van der Waals surface area contributed by atoms with Crippen LogP contribution in [0.4, 0.5) is 11.5 Å². The van der Waals surface area contributed by atoms with Gasteiger partial charge in [-0.15, -0.1) is 0 Å². The molecule has 220 valence electrons. The average Bonchev–Trinajstić information content (AvgIpc) is 3.48. The lowest BCUT2D eigenvalue weighted by molar-refractivity contribution is 0.0981. The number of nitrogen functional groups attached to an aromatic ring is 1. The fraction of sp³-hybridized carbons (Fsp3) is 0.645. The van der Waals surface area contributed by atoms with Crippen LogP contribution in [0, 0.1) is 17.8 Å². The van der Waals surface area contributed by atoms with Crippen LogP contribution in [0.15, 0.2) is 29.4 Å². The highest BCUT2D eigenvalue weighted by atomic mass is 32.2. The number of sulfonamides is 1. The van der Waals surface area contributed by atoms with Crippen molar-refractivity contribution in [3.8, 4) is 0 Å². The Bertz CT molecular complexity index is 1360. The van der Waals surface area contributed by atoms with Gasteiger partial charge in [-0.2, -0.15) is 8.42 Å². The molecule has 1 aliphatic carbocycles. The van der Waals surface area contributed by atoms with Crippen molar-refractivity contribution in [3.05, 3.63) is 41.2 Å². The zero-order valence-electron chi connectivity index (χ0n) is 25.4. The number of rotatable bonds is 7. The van der Waals surface area contributed by atoms with E-state index in [1.54, 1.807) is 0 Å². The Hall–Kier alpha value is -2.68. The molecule has 0 aromatic carbocycles. The van der Waals surface area contributed by atoms with E-state index < -0.39 is 15.9 Å². The van der Waals surface area contributed by atoms with E-state index in [2.05, 4.69) is 70.0 Å². The molecule has 1 saturated heterocycles. The van der Waals surface area contributed by atoms with Gasteiger partial charge in [0.15, 0.2) is 5.03 Å². The predicted octanol–water partition coefficient (Wildman–Crippen LogP) is 6.03. The highest BCUT2D eigenvalue weighted by Gasteiger charge is 2.41. The Balaban J connectivity index is 1.87. The summed E-state index contributed by atoms with van der Waals surface area (Å²) in [5, 5.41) is -0.291. The maximum Gasteiger partial charge on any atom is 0.281 e. The van der Waals surface area contributed by atoms with Crippen LogP contribution in [0.2, 0.25) is 0 Å². The van der Waals surface area contributed by atoms with Crippen LogP contribution in [0.3, 0.4) is 0 Å². The Morgan fingerprint density at radius 2 is 1.82 bits per heavy atom. The van der Waals surface area contributed by atoms with E-state index >= 15 is 0 Å². The number of nitrogens with two attached hydrogens (primary N) is 1. The van der Waals surface area contributed by atoms with Gasteiger partial charge in [0.05, 0.1) is 11.3 Å². The topological polar surface area (TPSA) is 118 Å². The standard InChI is InChI=1S/C31H47N5O3S/c1-19-17-31(7,8)36(18-19)28-25(29(37)35-40(38,39)26-15-23(32)13-14-33-26)16-24(27(34-28)30(4,5)6)21(3)20(2)22-11-9-10-12-22/h13-16,19-22H,9-12,17-18H2,1-8H3,(H2,32,33)(H,35,37)/t19-,20?,21?/m0/s1. The summed E-state index contributed by atoms with van der Waals surface area (Å²) in [6.45, 7) is 18.2. The summed E-state index contributed by atoms with van der Waals surface area (Å²) in [4.78, 5) is 25.3. The summed E-state index contributed by atoms with van der Waals surface area (Å²) in [5.74, 6) is 1.44. The zero-order valence-corrected chi connectivity index (χ0v) is 26.2. The molecule has 0 spiro atoms. The molecule has 0 bridgehead atoms. The average molecular weight is 570 g/mol. The van der Waals surface area contributed by atoms with E-state index in [1.807, 2.05) is 6.07 Å². The molecule has 3 N–H and O–H groups in total. The van der Waals surface area contributed by atoms with Gasteiger partial charge in [-0.05, 0) is 61.6 Å². The molecule has 1 amide bonds. The van der Waals surface area contributed by atoms with Gasteiger partial charge in [0, 0.05) is 35.4 Å². The van der Waals surface area contributed by atoms with Crippen molar-refractivity contribution in [2.24, 2.45) is 17.8 Å². The fourth-order valence-corrected chi connectivity index (χ4v) is 7.72. The van der Waals surface area contributed by atoms with E-state index in [4.69, 9.17) is 10.7 Å². The number of aromatic nitrogens is 2. The molecular formula is C31H47N5O3S. The number of carbonyl (C=O) groups excluding carboxylic acids is 1. The third-order valence-electron chi connectivity index (χ3n) is 9.00. The van der Waals surface area contributed by atoms with E-state index in [1.165, 1.54) is 44.0 Å². The number of hydrogen-bond acceptors (Lipinski definition) is 7. The van der Waals surface area contributed by atoms with Gasteiger partial charge in [0.2, 0.25) is 0 Å². The highest BCUT2D eigenvalue weighted by Crippen LogP contribution is 2.44. The Morgan fingerprint density at radius 1 is 1.18 bits per heavy atom. The van der Waals surface area contributed by atoms with Crippen molar-refractivity contribution < 1.29 is 13.2 Å². The monoisotopic (exact) mass is 569 g/mol. The Kier molecular flexibility index (Phi) is 8.29. The van der Waals surface area contributed by atoms with Crippen molar-refractivity contribution in [1.29, 1.82) is 0 Å². The largest absolute Gasteiger partial charge is 0.399 e. The maximum absolute atomic E-state index is 13.9. The minimum absolute atomic E-state index is 0.156. The van der Waals surface area contributed by atoms with Crippen molar-refractivity contribution >= 4 is 27.4 Å². The van der Waals surface area contributed by atoms with Gasteiger partial charge in [0.1, 0.15) is 5.82 Å². The number of nitrogens with zero attached hydrogens (tertiary/aromatic N) is 3. The van der Waals surface area contributed by atoms with Crippen LogP contribution in [0.5, 0.6) is 0 Å². The summed E-state index contributed by atoms with van der Waals surface area (Å²) < 4.78 is 28.7. The first-order chi connectivity index (χ1) is 18.5. The molecule has 3 atom stereocenters. The lowest BCUT2D eigenvalue weighted by Crippen LogP contribution is -2.41. The fourth-order valence-electron chi connectivity index (χ4n) is 6.77. The summed E-state index contributed by atoms with van der Waals surface area (Å²) in [7, 11) is -4.25. The van der Waals surface area contributed by atoms with E-state index in [0.717, 1.165) is 24.2 Å². The van der Waals surface area contributed by atoms with Gasteiger partial charge < -0.3 is 10.6 Å². The number of carbonyl (C=O) groups is 1. The molecule has 2 unspecified atom stereocenters. The molecule has 4 rings (SSSR count). The minimum Gasteiger partial charge on any atom is -0.399 e. The molecule has 2 fully saturated rings. The summed E-state index contributed by atoms with van der Waals surface area (Å²) >= 11 is 0. The van der Waals surface area contributed by atoms with E-state index in [-0.39, 0.29) is 33.1 Å². The van der Waals surface area contributed by atoms with Gasteiger partial charge in [-0.1, -0.05) is 67.2 Å². The zero-order chi connectivity index (χ0) is 29.6. The molecule has 40 heavy (non-hydrogen) atoms. The SMILES string of the molecule is CC(c1cc(C(=O)NS(=O)(=O)c2cc(N)ccn2)c(N2C[C@@H](C)CC2(C)C)nc1C(C)(C)C)C(C)C1CCCC1. The molecule has 1 saturated carbocycles. The second-order valence-electron chi connectivity index (χ2n) is 13.8. The number of anilines is 2. The molecule has 2 aliphatic rings. The molecule has 3 heterocycles. The van der Waals surface area contributed by atoms with Crippen LogP contribution >= 0.6 is 0 Å². The van der Waals surface area contributed by atoms with Gasteiger partial charge in [-0.3, -0.25) is 4.79 Å². The third kappa shape index (κ3) is 6.14. The predicted molar refractivity (Wildman–Crippen MR) is 161 cm³/mol. The Morgan fingerprint density at radius 3 is 2.38 bits per heavy atom. The van der Waals surface area contributed by atoms with Crippen molar-refractivity contribution in [3.63, 3.8) is 0 Å². The number of nitrogens with one attached hydrogen (secondary N) is 1. The summed E-state index contributed by atoms with van der Waals surface area (Å²) in [6, 6.07) is 4.68. The van der Waals surface area contributed by atoms with Crippen LogP contribution in [-0.4, -0.2) is 36.4 Å². The lowest BCUT2D eigenvalue weighted by Gasteiger charge is -2.37. The molecule has 2 aromatic rings. The first-order valence-corrected chi connectivity index (χ1v) is 16.1. The second-order valence-corrected chi connectivity index (χ2v) is 15.5. The smallest absolute Gasteiger partial charge is 0.281 e. The quantitative estimate of drug-likeness (QED) is 0.418. The molecule has 9 heteroatoms. The normalized spacial score (nSPS) is 21.4. The molecule has 2 aromatic heterocycles. The van der Waals surface area contributed by atoms with Gasteiger partial charge in [0.25, 0.3) is 15.9 Å². The van der Waals surface area contributed by atoms with Crippen molar-refractivity contribution in [2.45, 2.75) is 109 Å².